The molecule has 2 aromatic heterocycles. The number of aryl methyl sites for hydroxylation is 1. The Morgan fingerprint density at radius 2 is 1.94 bits per heavy atom. The summed E-state index contributed by atoms with van der Waals surface area (Å²) < 4.78 is 96.0. The fourth-order valence-electron chi connectivity index (χ4n) is 9.70. The van der Waals surface area contributed by atoms with Crippen molar-refractivity contribution in [2.45, 2.75) is 87.6 Å². The fraction of sp³-hybridized carbons (Fsp3) is 0.559. The molecule has 7 heterocycles. The number of halogens is 7. The third-order valence-electron chi connectivity index (χ3n) is 12.0. The molecular weight excluding hydrogens is 672 g/mol. The lowest BCUT2D eigenvalue weighted by atomic mass is 9.89. The highest BCUT2D eigenvalue weighted by molar-refractivity contribution is 6.37. The molecule has 5 aliphatic heterocycles. The summed E-state index contributed by atoms with van der Waals surface area (Å²) in [5, 5.41) is 3.59. The van der Waals surface area contributed by atoms with Gasteiger partial charge in [-0.2, -0.15) is 23.1 Å². The number of nitrogens with two attached hydrogens (primary N) is 1. The van der Waals surface area contributed by atoms with Crippen molar-refractivity contribution >= 4 is 39.7 Å². The first kappa shape index (κ1) is 31.6. The average Bonchev–Trinajstić information content (AvgIpc) is 3.34. The van der Waals surface area contributed by atoms with E-state index in [-0.39, 0.29) is 83.0 Å². The number of piperazine rings is 1. The zero-order valence-electron chi connectivity index (χ0n) is 26.7. The van der Waals surface area contributed by atoms with E-state index < -0.39 is 45.7 Å². The number of benzene rings is 1. The number of nitrogens with zero attached hydrogens (tertiary/aromatic N) is 5. The van der Waals surface area contributed by atoms with Crippen LogP contribution in [0.1, 0.15) is 61.6 Å². The minimum absolute atomic E-state index is 0.0157. The largest absolute Gasteiger partial charge is 0.461 e. The molecule has 0 amide bonds. The predicted molar refractivity (Wildman–Crippen MR) is 172 cm³/mol. The second kappa shape index (κ2) is 10.1. The fourth-order valence-corrected chi connectivity index (χ4v) is 10.1. The van der Waals surface area contributed by atoms with Crippen LogP contribution in [0, 0.1) is 18.2 Å². The van der Waals surface area contributed by atoms with Crippen molar-refractivity contribution in [3.63, 3.8) is 0 Å². The van der Waals surface area contributed by atoms with E-state index in [1.807, 2.05) is 0 Å². The van der Waals surface area contributed by atoms with Crippen molar-refractivity contribution in [2.24, 2.45) is 5.41 Å². The van der Waals surface area contributed by atoms with Crippen molar-refractivity contribution in [3.05, 3.63) is 40.2 Å². The van der Waals surface area contributed by atoms with E-state index in [0.717, 1.165) is 25.3 Å². The van der Waals surface area contributed by atoms with Gasteiger partial charge in [0.05, 0.1) is 38.2 Å². The van der Waals surface area contributed by atoms with Crippen LogP contribution in [0.4, 0.5) is 38.0 Å². The lowest BCUT2D eigenvalue weighted by molar-refractivity contribution is -0.137. The van der Waals surface area contributed by atoms with E-state index in [9.17, 15) is 22.0 Å². The van der Waals surface area contributed by atoms with Crippen LogP contribution in [0.5, 0.6) is 6.01 Å². The third kappa shape index (κ3) is 4.48. The van der Waals surface area contributed by atoms with Crippen LogP contribution in [0.3, 0.4) is 0 Å². The Hall–Kier alpha value is -3.36. The molecule has 1 aromatic carbocycles. The van der Waals surface area contributed by atoms with Gasteiger partial charge in [0, 0.05) is 43.2 Å². The van der Waals surface area contributed by atoms with Crippen LogP contribution in [-0.4, -0.2) is 75.7 Å². The standard InChI is InChI=1S/C34H34ClF6N7O/c1-15-8-19-18-5-4-17(43-18)10-48(19)29-22-21(15)25(35)23(27-24(34(39,40)41)16(2)9-20(42)44-27)26(36)28(22)45-30(46-29)49-14-32-6-3-7-47(32)13-31(11-32)12-33(31,37)38/h9,17-19,43H,1,3-8,10-14H2,2H3,(H2,42,44)/t17-,18+,19-,31+,32+/m1/s1. The summed E-state index contributed by atoms with van der Waals surface area (Å²) in [6.45, 7) is 7.05. The molecule has 6 aliphatic rings. The minimum atomic E-state index is -4.91. The summed E-state index contributed by atoms with van der Waals surface area (Å²) >= 11 is 6.97. The summed E-state index contributed by atoms with van der Waals surface area (Å²) in [6.07, 6.45) is -1.07. The van der Waals surface area contributed by atoms with Gasteiger partial charge >= 0.3 is 12.2 Å². The maximum Gasteiger partial charge on any atom is 0.418 e. The van der Waals surface area contributed by atoms with E-state index in [0.29, 0.717) is 37.3 Å². The summed E-state index contributed by atoms with van der Waals surface area (Å²) in [5.41, 5.74) is 1.97. The molecule has 3 aromatic rings. The molecule has 1 saturated carbocycles. The number of anilines is 2. The van der Waals surface area contributed by atoms with Gasteiger partial charge in [-0.1, -0.05) is 18.2 Å². The minimum Gasteiger partial charge on any atom is -0.461 e. The molecular formula is C34H34ClF6N7O. The van der Waals surface area contributed by atoms with Crippen LogP contribution < -0.4 is 20.7 Å². The maximum atomic E-state index is 17.1. The molecule has 260 valence electrons. The quantitative estimate of drug-likeness (QED) is 0.288. The van der Waals surface area contributed by atoms with Crippen molar-refractivity contribution < 1.29 is 31.1 Å². The van der Waals surface area contributed by atoms with Gasteiger partial charge in [-0.3, -0.25) is 4.90 Å². The Bertz CT molecular complexity index is 1970. The van der Waals surface area contributed by atoms with E-state index in [2.05, 4.69) is 31.7 Å². The smallest absolute Gasteiger partial charge is 0.418 e. The normalized spacial score (nSPS) is 31.4. The number of pyridine rings is 1. The number of alkyl halides is 5. The lowest BCUT2D eigenvalue weighted by Crippen LogP contribution is -2.58. The number of rotatable bonds is 4. The Kier molecular flexibility index (Phi) is 6.53. The lowest BCUT2D eigenvalue weighted by Gasteiger charge is -2.41. The monoisotopic (exact) mass is 705 g/mol. The van der Waals surface area contributed by atoms with Gasteiger partial charge in [-0.05, 0) is 69.2 Å². The molecule has 2 bridgehead atoms. The zero-order valence-corrected chi connectivity index (χ0v) is 27.4. The summed E-state index contributed by atoms with van der Waals surface area (Å²) in [4.78, 5) is 17.5. The average molecular weight is 706 g/mol. The Morgan fingerprint density at radius 3 is 2.67 bits per heavy atom. The van der Waals surface area contributed by atoms with E-state index >= 15 is 4.39 Å². The molecule has 15 heteroatoms. The van der Waals surface area contributed by atoms with Gasteiger partial charge < -0.3 is 20.7 Å². The van der Waals surface area contributed by atoms with Crippen LogP contribution in [-0.2, 0) is 6.18 Å². The van der Waals surface area contributed by atoms with Crippen molar-refractivity contribution in [2.75, 3.05) is 36.9 Å². The number of nitrogens with one attached hydrogen (secondary N) is 1. The Morgan fingerprint density at radius 1 is 1.16 bits per heavy atom. The Balaban J connectivity index is 1.24. The first-order valence-corrected chi connectivity index (χ1v) is 17.0. The molecule has 1 spiro atoms. The number of hydrogen-bond acceptors (Lipinski definition) is 8. The van der Waals surface area contributed by atoms with Crippen LogP contribution in [0.25, 0.3) is 27.7 Å². The van der Waals surface area contributed by atoms with Gasteiger partial charge in [-0.25, -0.2) is 18.2 Å². The highest BCUT2D eigenvalue weighted by Crippen LogP contribution is 2.69. The van der Waals surface area contributed by atoms with Crippen molar-refractivity contribution in [1.82, 2.24) is 25.2 Å². The summed E-state index contributed by atoms with van der Waals surface area (Å²) in [6, 6.07) is 0.963. The van der Waals surface area contributed by atoms with Gasteiger partial charge in [0.1, 0.15) is 23.8 Å². The van der Waals surface area contributed by atoms with Crippen molar-refractivity contribution in [3.8, 4) is 17.3 Å². The number of aromatic nitrogens is 3. The second-order valence-electron chi connectivity index (χ2n) is 15.0. The maximum absolute atomic E-state index is 17.1. The van der Waals surface area contributed by atoms with Gasteiger partial charge in [0.25, 0.3) is 5.92 Å². The van der Waals surface area contributed by atoms with Gasteiger partial charge in [0.2, 0.25) is 0 Å². The summed E-state index contributed by atoms with van der Waals surface area (Å²) in [7, 11) is 0. The van der Waals surface area contributed by atoms with E-state index in [1.165, 1.54) is 6.92 Å². The van der Waals surface area contributed by atoms with Crippen LogP contribution in [0.2, 0.25) is 5.02 Å². The highest BCUT2D eigenvalue weighted by Gasteiger charge is 2.77. The van der Waals surface area contributed by atoms with E-state index in [4.69, 9.17) is 27.1 Å². The third-order valence-corrected chi connectivity index (χ3v) is 12.3. The molecule has 3 N–H and O–H groups in total. The molecule has 0 unspecified atom stereocenters. The van der Waals surface area contributed by atoms with Crippen LogP contribution in [0.15, 0.2) is 12.6 Å². The number of nitrogen functional groups attached to an aromatic ring is 1. The molecule has 1 aliphatic carbocycles. The number of ether oxygens (including phenoxy) is 1. The highest BCUT2D eigenvalue weighted by atomic mass is 35.5. The topological polar surface area (TPSA) is 92.4 Å². The SMILES string of the molecule is C=C1C[C@@H]2[C@@H]3CC[C@H](CN2c2nc(OC[C@@]45CCCN4C[C@@]4(CC4(F)F)C5)nc4c(F)c(-c5nc(N)cc(C)c5C(F)(F)F)c(Cl)c1c24)N3. The molecule has 9 rings (SSSR count). The predicted octanol–water partition coefficient (Wildman–Crippen LogP) is 6.76. The molecule has 4 saturated heterocycles. The van der Waals surface area contributed by atoms with E-state index in [1.54, 1.807) is 0 Å². The molecule has 8 nitrogen and oxygen atoms in total. The van der Waals surface area contributed by atoms with Gasteiger partial charge in [0.15, 0.2) is 5.82 Å². The first-order valence-electron chi connectivity index (χ1n) is 16.7. The molecule has 49 heavy (non-hydrogen) atoms. The number of fused-ring (bicyclic) bond motifs is 6. The summed E-state index contributed by atoms with van der Waals surface area (Å²) in [5.74, 6) is -3.72. The number of hydrogen-bond donors (Lipinski definition) is 2. The Labute approximate surface area is 283 Å². The molecule has 5 atom stereocenters. The first-order chi connectivity index (χ1) is 23.1. The van der Waals surface area contributed by atoms with Crippen molar-refractivity contribution in [1.29, 1.82) is 0 Å². The zero-order chi connectivity index (χ0) is 34.4. The molecule has 5 fully saturated rings. The van der Waals surface area contributed by atoms with Crippen LogP contribution >= 0.6 is 11.6 Å². The van der Waals surface area contributed by atoms with Gasteiger partial charge in [-0.15, -0.1) is 0 Å². The second-order valence-corrected chi connectivity index (χ2v) is 15.3. The molecule has 0 radical (unpaired) electrons.